The van der Waals surface area contributed by atoms with Gasteiger partial charge in [0.1, 0.15) is 0 Å². The van der Waals surface area contributed by atoms with Gasteiger partial charge in [-0.25, -0.2) is 0 Å². The number of nitrogens with zero attached hydrogens (tertiary/aromatic N) is 2. The van der Waals surface area contributed by atoms with Crippen molar-refractivity contribution in [3.8, 4) is 0 Å². The van der Waals surface area contributed by atoms with Crippen LogP contribution < -0.4 is 0 Å². The van der Waals surface area contributed by atoms with Crippen LogP contribution in [0.1, 0.15) is 5.76 Å². The lowest BCUT2D eigenvalue weighted by molar-refractivity contribution is 0.368. The lowest BCUT2D eigenvalue weighted by Gasteiger charge is -1.81. The van der Waals surface area contributed by atoms with Crippen molar-refractivity contribution in [3.05, 3.63) is 23.0 Å². The molecule has 0 amide bonds. The largest absolute Gasteiger partial charge is 0.341 e. The smallest absolute Gasteiger partial charge is 0.175 e. The molecule has 0 aliphatic rings. The van der Waals surface area contributed by atoms with Gasteiger partial charge in [0.15, 0.2) is 10.4 Å². The molecule has 0 N–H and O–H groups in total. The van der Waals surface area contributed by atoms with E-state index in [4.69, 9.17) is 4.52 Å². The van der Waals surface area contributed by atoms with Gasteiger partial charge in [0, 0.05) is 11.7 Å². The Morgan fingerprint density at radius 1 is 1.78 bits per heavy atom. The third kappa shape index (κ3) is 1.38. The molecule has 3 nitrogen and oxygen atoms in total. The van der Waals surface area contributed by atoms with Gasteiger partial charge in [-0.15, -0.1) is 11.7 Å². The predicted octanol–water partition coefficient (Wildman–Crippen LogP) is 1.56. The van der Waals surface area contributed by atoms with E-state index in [2.05, 4.69) is 32.9 Å². The molecule has 0 aromatic carbocycles. The third-order valence-corrected chi connectivity index (χ3v) is 1.44. The van der Waals surface area contributed by atoms with Crippen molar-refractivity contribution in [2.75, 3.05) is 0 Å². The Morgan fingerprint density at radius 3 is 3.00 bits per heavy atom. The quantitative estimate of drug-likeness (QED) is 0.662. The summed E-state index contributed by atoms with van der Waals surface area (Å²) in [6.45, 7) is 3.54. The van der Waals surface area contributed by atoms with E-state index in [0.717, 1.165) is 0 Å². The zero-order chi connectivity index (χ0) is 6.69. The van der Waals surface area contributed by atoms with Gasteiger partial charge in [0.25, 0.3) is 0 Å². The second-order valence-corrected chi connectivity index (χ2v) is 2.23. The van der Waals surface area contributed by atoms with Crippen molar-refractivity contribution < 1.29 is 4.52 Å². The molecule has 1 rings (SSSR count). The standard InChI is InChI=1S/C5H5BrN2O/c1-2-3-4-5(6)7-8-9-4/h2H,1,3H2. The topological polar surface area (TPSA) is 38.9 Å². The minimum Gasteiger partial charge on any atom is -0.341 e. The molecule has 0 saturated heterocycles. The summed E-state index contributed by atoms with van der Waals surface area (Å²) in [5.41, 5.74) is 0. The average molecular weight is 189 g/mol. The molecule has 0 fully saturated rings. The van der Waals surface area contributed by atoms with Crippen LogP contribution >= 0.6 is 15.9 Å². The molecule has 0 atom stereocenters. The van der Waals surface area contributed by atoms with Crippen LogP contribution in [-0.2, 0) is 6.42 Å². The maximum atomic E-state index is 4.73. The summed E-state index contributed by atoms with van der Waals surface area (Å²) in [7, 11) is 0. The van der Waals surface area contributed by atoms with Crippen molar-refractivity contribution >= 4 is 15.9 Å². The maximum absolute atomic E-state index is 4.73. The van der Waals surface area contributed by atoms with Crippen molar-refractivity contribution in [1.29, 1.82) is 0 Å². The van der Waals surface area contributed by atoms with Crippen molar-refractivity contribution in [3.63, 3.8) is 0 Å². The van der Waals surface area contributed by atoms with Gasteiger partial charge < -0.3 is 4.52 Å². The highest BCUT2D eigenvalue weighted by molar-refractivity contribution is 9.10. The zero-order valence-electron chi connectivity index (χ0n) is 4.67. The molecule has 0 radical (unpaired) electrons. The van der Waals surface area contributed by atoms with Gasteiger partial charge in [0.2, 0.25) is 0 Å². The summed E-state index contributed by atoms with van der Waals surface area (Å²) in [6.07, 6.45) is 2.39. The van der Waals surface area contributed by atoms with Crippen LogP contribution in [0.3, 0.4) is 0 Å². The predicted molar refractivity (Wildman–Crippen MR) is 35.9 cm³/mol. The van der Waals surface area contributed by atoms with Crippen LogP contribution in [0, 0.1) is 0 Å². The van der Waals surface area contributed by atoms with E-state index >= 15 is 0 Å². The van der Waals surface area contributed by atoms with E-state index in [9.17, 15) is 0 Å². The number of hydrogen-bond acceptors (Lipinski definition) is 3. The first-order chi connectivity index (χ1) is 4.34. The van der Waals surface area contributed by atoms with E-state index in [1.165, 1.54) is 0 Å². The highest BCUT2D eigenvalue weighted by atomic mass is 79.9. The van der Waals surface area contributed by atoms with Crippen molar-refractivity contribution in [1.82, 2.24) is 10.4 Å². The molecule has 0 saturated carbocycles. The van der Waals surface area contributed by atoms with E-state index in [1.54, 1.807) is 6.08 Å². The fourth-order valence-electron chi connectivity index (χ4n) is 0.452. The number of hydrogen-bond donors (Lipinski definition) is 0. The molecular formula is C5H5BrN2O. The Labute approximate surface area is 60.9 Å². The van der Waals surface area contributed by atoms with Gasteiger partial charge in [-0.1, -0.05) is 6.08 Å². The molecule has 0 aliphatic carbocycles. The van der Waals surface area contributed by atoms with E-state index < -0.39 is 0 Å². The summed E-state index contributed by atoms with van der Waals surface area (Å²) in [5, 5.41) is 6.91. The molecule has 9 heavy (non-hydrogen) atoms. The summed E-state index contributed by atoms with van der Waals surface area (Å²) in [4.78, 5) is 0. The molecule has 1 aromatic rings. The molecule has 0 aliphatic heterocycles. The zero-order valence-corrected chi connectivity index (χ0v) is 6.26. The minimum absolute atomic E-state index is 0.655. The summed E-state index contributed by atoms with van der Waals surface area (Å²) in [6, 6.07) is 0. The highest BCUT2D eigenvalue weighted by Crippen LogP contribution is 2.11. The van der Waals surface area contributed by atoms with Crippen LogP contribution in [0.5, 0.6) is 0 Å². The molecule has 1 heterocycles. The Kier molecular flexibility index (Phi) is 2.00. The first kappa shape index (κ1) is 6.48. The Hall–Kier alpha value is -0.640. The Balaban J connectivity index is 2.80. The SMILES string of the molecule is C=CCc1onnc1Br. The maximum Gasteiger partial charge on any atom is 0.175 e. The monoisotopic (exact) mass is 188 g/mol. The van der Waals surface area contributed by atoms with Crippen LogP contribution in [0.25, 0.3) is 0 Å². The van der Waals surface area contributed by atoms with Gasteiger partial charge >= 0.3 is 0 Å². The normalized spacial score (nSPS) is 9.44. The number of rotatable bonds is 2. The van der Waals surface area contributed by atoms with Crippen LogP contribution in [0.15, 0.2) is 21.8 Å². The molecule has 0 spiro atoms. The lowest BCUT2D eigenvalue weighted by Crippen LogP contribution is -1.75. The van der Waals surface area contributed by atoms with E-state index in [1.807, 2.05) is 0 Å². The van der Waals surface area contributed by atoms with E-state index in [0.29, 0.717) is 16.8 Å². The average Bonchev–Trinajstić information content (AvgIpc) is 2.18. The molecule has 4 heteroatoms. The van der Waals surface area contributed by atoms with Crippen LogP contribution in [-0.4, -0.2) is 10.4 Å². The fraction of sp³-hybridized carbons (Fsp3) is 0.200. The summed E-state index contributed by atoms with van der Waals surface area (Å²) < 4.78 is 5.38. The van der Waals surface area contributed by atoms with Gasteiger partial charge in [-0.3, -0.25) is 0 Å². The summed E-state index contributed by atoms with van der Waals surface area (Å²) >= 11 is 3.15. The third-order valence-electron chi connectivity index (χ3n) is 0.839. The number of aromatic nitrogens is 2. The van der Waals surface area contributed by atoms with Crippen LogP contribution in [0.4, 0.5) is 0 Å². The number of allylic oxidation sites excluding steroid dienone is 1. The van der Waals surface area contributed by atoms with Crippen molar-refractivity contribution in [2.24, 2.45) is 0 Å². The van der Waals surface area contributed by atoms with Crippen LogP contribution in [0.2, 0.25) is 0 Å². The second-order valence-electron chi connectivity index (χ2n) is 1.48. The lowest BCUT2D eigenvalue weighted by atomic mass is 10.4. The van der Waals surface area contributed by atoms with Gasteiger partial charge in [-0.2, -0.15) is 0 Å². The number of halogens is 1. The first-order valence-electron chi connectivity index (χ1n) is 2.42. The molecule has 1 aromatic heterocycles. The summed E-state index contributed by atoms with van der Waals surface area (Å²) in [5.74, 6) is 0.713. The van der Waals surface area contributed by atoms with Crippen molar-refractivity contribution in [2.45, 2.75) is 6.42 Å². The second kappa shape index (κ2) is 2.77. The fourth-order valence-corrected chi connectivity index (χ4v) is 0.751. The molecule has 0 unspecified atom stereocenters. The molecular weight excluding hydrogens is 184 g/mol. The van der Waals surface area contributed by atoms with Gasteiger partial charge in [-0.05, 0) is 15.9 Å². The highest BCUT2D eigenvalue weighted by Gasteiger charge is 2.02. The Morgan fingerprint density at radius 2 is 2.56 bits per heavy atom. The Bertz CT molecular complexity index is 208. The van der Waals surface area contributed by atoms with E-state index in [-0.39, 0.29) is 0 Å². The minimum atomic E-state index is 0.655. The molecule has 48 valence electrons. The first-order valence-corrected chi connectivity index (χ1v) is 3.21. The van der Waals surface area contributed by atoms with Gasteiger partial charge in [0.05, 0.1) is 0 Å². The molecule has 0 bridgehead atoms.